The summed E-state index contributed by atoms with van der Waals surface area (Å²) in [7, 11) is 0. The summed E-state index contributed by atoms with van der Waals surface area (Å²) < 4.78 is 17.0. The Balaban J connectivity index is 1.84. The van der Waals surface area contributed by atoms with E-state index in [4.69, 9.17) is 19.3 Å². The van der Waals surface area contributed by atoms with Gasteiger partial charge < -0.3 is 24.4 Å². The molecule has 0 aromatic heterocycles. The molecule has 2 aliphatic heterocycles. The Morgan fingerprint density at radius 3 is 2.47 bits per heavy atom. The molecule has 0 aromatic rings. The Kier molecular flexibility index (Phi) is 2.29. The number of carboxylic acids is 1. The number of carboxylic acid groups (broad SMARTS) is 1. The zero-order chi connectivity index (χ0) is 12.4. The van der Waals surface area contributed by atoms with Crippen LogP contribution >= 0.6 is 0 Å². The smallest absolute Gasteiger partial charge is 0.309 e. The number of aliphatic hydroxyl groups is 1. The van der Waals surface area contributed by atoms with Gasteiger partial charge in [-0.15, -0.1) is 0 Å². The fourth-order valence-electron chi connectivity index (χ4n) is 3.01. The highest BCUT2D eigenvalue weighted by atomic mass is 16.8. The lowest BCUT2D eigenvalue weighted by molar-refractivity contribution is -0.163. The van der Waals surface area contributed by atoms with E-state index in [2.05, 4.69) is 0 Å². The van der Waals surface area contributed by atoms with E-state index < -0.39 is 23.8 Å². The molecule has 0 bridgehead atoms. The summed E-state index contributed by atoms with van der Waals surface area (Å²) in [4.78, 5) is 11.0. The number of ether oxygens (including phenoxy) is 3. The maximum Gasteiger partial charge on any atom is 0.309 e. The summed E-state index contributed by atoms with van der Waals surface area (Å²) in [6, 6.07) is 0. The van der Waals surface area contributed by atoms with Crippen molar-refractivity contribution in [2.24, 2.45) is 11.8 Å². The van der Waals surface area contributed by atoms with Gasteiger partial charge in [-0.2, -0.15) is 0 Å². The Morgan fingerprint density at radius 1 is 1.24 bits per heavy atom. The van der Waals surface area contributed by atoms with E-state index in [9.17, 15) is 9.90 Å². The Bertz CT molecular complexity index is 354. The van der Waals surface area contributed by atoms with Crippen LogP contribution in [0.1, 0.15) is 13.8 Å². The van der Waals surface area contributed by atoms with Gasteiger partial charge in [0.2, 0.25) is 0 Å². The van der Waals surface area contributed by atoms with Crippen LogP contribution < -0.4 is 0 Å². The van der Waals surface area contributed by atoms with Gasteiger partial charge in [0.25, 0.3) is 0 Å². The van der Waals surface area contributed by atoms with E-state index in [0.29, 0.717) is 0 Å². The average molecular weight is 244 g/mol. The summed E-state index contributed by atoms with van der Waals surface area (Å²) >= 11 is 0. The molecule has 6 nitrogen and oxygen atoms in total. The van der Waals surface area contributed by atoms with Crippen molar-refractivity contribution in [1.29, 1.82) is 0 Å². The molecule has 1 aliphatic carbocycles. The van der Waals surface area contributed by atoms with Gasteiger partial charge in [0.1, 0.15) is 12.2 Å². The lowest BCUT2D eigenvalue weighted by atomic mass is 10.0. The van der Waals surface area contributed by atoms with Crippen LogP contribution in [-0.2, 0) is 19.0 Å². The van der Waals surface area contributed by atoms with E-state index in [1.54, 1.807) is 13.8 Å². The third kappa shape index (κ3) is 1.59. The number of fused-ring (bicyclic) bond motifs is 3. The lowest BCUT2D eigenvalue weighted by Gasteiger charge is -2.29. The molecule has 0 spiro atoms. The van der Waals surface area contributed by atoms with E-state index >= 15 is 0 Å². The second-order valence-corrected chi connectivity index (χ2v) is 5.33. The van der Waals surface area contributed by atoms with E-state index in [1.807, 2.05) is 0 Å². The first-order chi connectivity index (χ1) is 7.94. The Labute approximate surface area is 98.5 Å². The number of hydrogen-bond donors (Lipinski definition) is 2. The van der Waals surface area contributed by atoms with Crippen molar-refractivity contribution in [3.63, 3.8) is 0 Å². The van der Waals surface area contributed by atoms with Crippen molar-refractivity contribution >= 4 is 5.97 Å². The van der Waals surface area contributed by atoms with Gasteiger partial charge in [-0.25, -0.2) is 0 Å². The topological polar surface area (TPSA) is 85.2 Å². The number of carbonyl (C=O) groups is 1. The van der Waals surface area contributed by atoms with Gasteiger partial charge in [-0.05, 0) is 13.8 Å². The molecule has 0 amide bonds. The molecule has 1 unspecified atom stereocenters. The molecule has 2 N–H and O–H groups in total. The highest BCUT2D eigenvalue weighted by molar-refractivity contribution is 5.75. The normalized spacial score (nSPS) is 50.5. The molecule has 3 aliphatic rings. The van der Waals surface area contributed by atoms with Crippen molar-refractivity contribution in [3.8, 4) is 0 Å². The van der Waals surface area contributed by atoms with Crippen LogP contribution in [0, 0.1) is 11.8 Å². The predicted octanol–water partition coefficient (Wildman–Crippen LogP) is -0.403. The first kappa shape index (κ1) is 11.4. The van der Waals surface area contributed by atoms with Crippen LogP contribution in [0.2, 0.25) is 0 Å². The van der Waals surface area contributed by atoms with Crippen molar-refractivity contribution < 1.29 is 29.2 Å². The minimum atomic E-state index is -0.870. The first-order valence-electron chi connectivity index (χ1n) is 5.79. The Hall–Kier alpha value is -0.690. The lowest BCUT2D eigenvalue weighted by Crippen LogP contribution is -2.45. The van der Waals surface area contributed by atoms with Crippen molar-refractivity contribution in [1.82, 2.24) is 0 Å². The summed E-state index contributed by atoms with van der Waals surface area (Å²) in [5, 5.41) is 18.3. The SMILES string of the molecule is CC1(C)O[C@@H]2[C@H](O1)[C@H]1C(C(=O)O)[C@H]1O[C@@H]2CO. The summed E-state index contributed by atoms with van der Waals surface area (Å²) in [5.74, 6) is -2.30. The van der Waals surface area contributed by atoms with Crippen molar-refractivity contribution in [2.45, 2.75) is 44.1 Å². The quantitative estimate of drug-likeness (QED) is 0.687. The zero-order valence-corrected chi connectivity index (χ0v) is 9.70. The summed E-state index contributed by atoms with van der Waals surface area (Å²) in [6.45, 7) is 3.38. The number of aliphatic hydroxyl groups excluding tert-OH is 1. The molecular formula is C11H16O6. The van der Waals surface area contributed by atoms with Crippen LogP contribution in [0.15, 0.2) is 0 Å². The van der Waals surface area contributed by atoms with Crippen molar-refractivity contribution in [3.05, 3.63) is 0 Å². The highest BCUT2D eigenvalue weighted by Gasteiger charge is 2.69. The molecular weight excluding hydrogens is 228 g/mol. The molecule has 17 heavy (non-hydrogen) atoms. The van der Waals surface area contributed by atoms with Gasteiger partial charge in [0, 0.05) is 5.92 Å². The second kappa shape index (κ2) is 3.41. The molecule has 0 aromatic carbocycles. The standard InChI is InChI=1S/C11H16O6/c1-11(2)16-7-4(3-12)15-8-5(9(7)17-11)6(8)10(13)14/h4-9,12H,3H2,1-2H3,(H,13,14)/t4-,5+,6?,7+,8+,9-/m1/s1. The van der Waals surface area contributed by atoms with Crippen LogP contribution in [-0.4, -0.2) is 53.0 Å². The van der Waals surface area contributed by atoms with Gasteiger partial charge in [0.15, 0.2) is 5.79 Å². The molecule has 2 heterocycles. The fraction of sp³-hybridized carbons (Fsp3) is 0.909. The van der Waals surface area contributed by atoms with Gasteiger partial charge >= 0.3 is 5.97 Å². The summed E-state index contributed by atoms with van der Waals surface area (Å²) in [6.07, 6.45) is -1.50. The zero-order valence-electron chi connectivity index (χ0n) is 9.70. The van der Waals surface area contributed by atoms with Gasteiger partial charge in [-0.1, -0.05) is 0 Å². The van der Waals surface area contributed by atoms with Crippen LogP contribution in [0.5, 0.6) is 0 Å². The minimum absolute atomic E-state index is 0.151. The monoisotopic (exact) mass is 244 g/mol. The molecule has 96 valence electrons. The van der Waals surface area contributed by atoms with Gasteiger partial charge in [0.05, 0.1) is 24.7 Å². The predicted molar refractivity (Wildman–Crippen MR) is 54.2 cm³/mol. The van der Waals surface area contributed by atoms with E-state index in [-0.39, 0.29) is 30.8 Å². The molecule has 6 heteroatoms. The molecule has 2 saturated heterocycles. The first-order valence-corrected chi connectivity index (χ1v) is 5.79. The number of aliphatic carboxylic acids is 1. The van der Waals surface area contributed by atoms with Crippen LogP contribution in [0.25, 0.3) is 0 Å². The molecule has 6 atom stereocenters. The number of hydrogen-bond acceptors (Lipinski definition) is 5. The average Bonchev–Trinajstić information content (AvgIpc) is 2.86. The van der Waals surface area contributed by atoms with Gasteiger partial charge in [-0.3, -0.25) is 4.79 Å². The van der Waals surface area contributed by atoms with E-state index in [1.165, 1.54) is 0 Å². The summed E-state index contributed by atoms with van der Waals surface area (Å²) in [5.41, 5.74) is 0. The minimum Gasteiger partial charge on any atom is -0.481 e. The van der Waals surface area contributed by atoms with Crippen LogP contribution in [0.3, 0.4) is 0 Å². The molecule has 0 radical (unpaired) electrons. The molecule has 3 fully saturated rings. The maximum atomic E-state index is 11.0. The third-order valence-electron chi connectivity index (χ3n) is 3.71. The third-order valence-corrected chi connectivity index (χ3v) is 3.71. The second-order valence-electron chi connectivity index (χ2n) is 5.33. The van der Waals surface area contributed by atoms with Crippen LogP contribution in [0.4, 0.5) is 0 Å². The maximum absolute atomic E-state index is 11.0. The largest absolute Gasteiger partial charge is 0.481 e. The van der Waals surface area contributed by atoms with E-state index in [0.717, 1.165) is 0 Å². The molecule has 3 rings (SSSR count). The Morgan fingerprint density at radius 2 is 1.88 bits per heavy atom. The number of rotatable bonds is 2. The fourth-order valence-corrected chi connectivity index (χ4v) is 3.01. The van der Waals surface area contributed by atoms with Crippen molar-refractivity contribution in [2.75, 3.05) is 6.61 Å². The molecule has 1 saturated carbocycles. The highest BCUT2D eigenvalue weighted by Crippen LogP contribution is 2.54.